The monoisotopic (exact) mass is 310 g/mol. The molecule has 0 N–H and O–H groups in total. The van der Waals surface area contributed by atoms with Gasteiger partial charge in [0.25, 0.3) is 0 Å². The molecule has 0 bridgehead atoms. The van der Waals surface area contributed by atoms with E-state index < -0.39 is 0 Å². The Bertz CT molecular complexity index is 618. The summed E-state index contributed by atoms with van der Waals surface area (Å²) in [6.45, 7) is 4.85. The third-order valence-electron chi connectivity index (χ3n) is 7.26. The normalized spacial score (nSPS) is 38.3. The summed E-state index contributed by atoms with van der Waals surface area (Å²) in [5.74, 6) is 2.02. The molecular weight excluding hydrogens is 280 g/mol. The van der Waals surface area contributed by atoms with Crippen LogP contribution in [0.2, 0.25) is 0 Å². The third-order valence-corrected chi connectivity index (χ3v) is 7.26. The van der Waals surface area contributed by atoms with Crippen LogP contribution in [0.15, 0.2) is 34.4 Å². The van der Waals surface area contributed by atoms with Crippen LogP contribution in [-0.4, -0.2) is 5.78 Å². The number of allylic oxidation sites excluding steroid dienone is 6. The maximum absolute atomic E-state index is 11.7. The smallest absolute Gasteiger partial charge is 0.156 e. The summed E-state index contributed by atoms with van der Waals surface area (Å²) in [5.41, 5.74) is 7.00. The topological polar surface area (TPSA) is 17.1 Å². The average molecular weight is 310 g/mol. The number of fused-ring (bicyclic) bond motifs is 4. The number of carbonyl (C=O) groups is 1. The molecule has 0 aliphatic heterocycles. The van der Waals surface area contributed by atoms with Crippen LogP contribution in [0.25, 0.3) is 0 Å². The van der Waals surface area contributed by atoms with Gasteiger partial charge in [-0.3, -0.25) is 4.79 Å². The number of hydrogen-bond donors (Lipinski definition) is 0. The third kappa shape index (κ3) is 2.39. The van der Waals surface area contributed by atoms with Crippen LogP contribution in [0.5, 0.6) is 0 Å². The maximum Gasteiger partial charge on any atom is 0.156 e. The molecule has 2 fully saturated rings. The first-order valence-corrected chi connectivity index (χ1v) is 9.78. The second-order valence-corrected chi connectivity index (χ2v) is 8.37. The number of rotatable bonds is 2. The van der Waals surface area contributed by atoms with E-state index in [2.05, 4.69) is 19.9 Å². The highest BCUT2D eigenvalue weighted by atomic mass is 16.1. The van der Waals surface area contributed by atoms with Crippen molar-refractivity contribution in [2.24, 2.45) is 17.3 Å². The minimum Gasteiger partial charge on any atom is -0.295 e. The lowest BCUT2D eigenvalue weighted by molar-refractivity contribution is -0.114. The molecule has 4 aliphatic rings. The van der Waals surface area contributed by atoms with Crippen LogP contribution in [0.4, 0.5) is 0 Å². The highest BCUT2D eigenvalue weighted by Crippen LogP contribution is 2.62. The van der Waals surface area contributed by atoms with Gasteiger partial charge < -0.3 is 0 Å². The summed E-state index contributed by atoms with van der Waals surface area (Å²) < 4.78 is 0. The van der Waals surface area contributed by atoms with Crippen molar-refractivity contribution in [1.29, 1.82) is 0 Å². The summed E-state index contributed by atoms with van der Waals surface area (Å²) >= 11 is 0. The van der Waals surface area contributed by atoms with Crippen molar-refractivity contribution in [2.75, 3.05) is 0 Å². The molecular formula is C22H30O. The van der Waals surface area contributed by atoms with Crippen molar-refractivity contribution >= 4 is 5.78 Å². The molecule has 23 heavy (non-hydrogen) atoms. The fourth-order valence-corrected chi connectivity index (χ4v) is 6.03. The summed E-state index contributed by atoms with van der Waals surface area (Å²) in [6, 6.07) is 0. The van der Waals surface area contributed by atoms with E-state index in [1.54, 1.807) is 16.7 Å². The predicted octanol–water partition coefficient (Wildman–Crippen LogP) is 5.92. The molecule has 0 saturated heterocycles. The summed E-state index contributed by atoms with van der Waals surface area (Å²) in [7, 11) is 0. The lowest BCUT2D eigenvalue weighted by Crippen LogP contribution is -2.37. The van der Waals surface area contributed by atoms with E-state index in [0.29, 0.717) is 11.2 Å². The Hall–Kier alpha value is -1.11. The number of hydrogen-bond acceptors (Lipinski definition) is 1. The number of ketones is 1. The fourth-order valence-electron chi connectivity index (χ4n) is 6.03. The standard InChI is InChI=1S/C22H30O/c1-3-4-5-16-7-11-21-20-9-6-15-14-17(23)8-10-18(15)19(20)12-13-22(16,21)2/h5,14,20-21H,3-4,6-13H2,1-2H3/t20?,21?,22-/m1/s1. The van der Waals surface area contributed by atoms with Crippen LogP contribution in [0, 0.1) is 17.3 Å². The minimum atomic E-state index is 0.356. The lowest BCUT2D eigenvalue weighted by Gasteiger charge is -2.47. The van der Waals surface area contributed by atoms with Gasteiger partial charge in [-0.05, 0) is 85.8 Å². The van der Waals surface area contributed by atoms with Crippen molar-refractivity contribution in [1.82, 2.24) is 0 Å². The summed E-state index contributed by atoms with van der Waals surface area (Å²) in [4.78, 5) is 11.7. The number of unbranched alkanes of at least 4 members (excludes halogenated alkanes) is 1. The highest BCUT2D eigenvalue weighted by molar-refractivity contribution is 5.93. The molecule has 0 heterocycles. The van der Waals surface area contributed by atoms with Gasteiger partial charge in [-0.2, -0.15) is 0 Å². The van der Waals surface area contributed by atoms with Gasteiger partial charge in [-0.1, -0.05) is 37.5 Å². The van der Waals surface area contributed by atoms with Gasteiger partial charge in [0, 0.05) is 6.42 Å². The van der Waals surface area contributed by atoms with Crippen molar-refractivity contribution in [3.05, 3.63) is 34.4 Å². The van der Waals surface area contributed by atoms with E-state index in [1.165, 1.54) is 50.5 Å². The molecule has 124 valence electrons. The van der Waals surface area contributed by atoms with Crippen molar-refractivity contribution in [2.45, 2.75) is 78.1 Å². The van der Waals surface area contributed by atoms with Gasteiger partial charge in [0.05, 0.1) is 0 Å². The molecule has 1 nitrogen and oxygen atoms in total. The molecule has 4 rings (SSSR count). The Kier molecular flexibility index (Phi) is 3.86. The zero-order valence-corrected chi connectivity index (χ0v) is 14.8. The second kappa shape index (κ2) is 5.76. The van der Waals surface area contributed by atoms with Gasteiger partial charge in [0.2, 0.25) is 0 Å². The lowest BCUT2D eigenvalue weighted by atomic mass is 9.57. The first kappa shape index (κ1) is 15.4. The first-order chi connectivity index (χ1) is 11.1. The van der Waals surface area contributed by atoms with E-state index in [-0.39, 0.29) is 0 Å². The molecule has 0 amide bonds. The van der Waals surface area contributed by atoms with Crippen LogP contribution < -0.4 is 0 Å². The quantitative estimate of drug-likeness (QED) is 0.579. The molecule has 3 atom stereocenters. The van der Waals surface area contributed by atoms with Crippen molar-refractivity contribution < 1.29 is 4.79 Å². The average Bonchev–Trinajstić information content (AvgIpc) is 2.89. The Morgan fingerprint density at radius 1 is 1.17 bits per heavy atom. The van der Waals surface area contributed by atoms with Gasteiger partial charge in [0.1, 0.15) is 0 Å². The second-order valence-electron chi connectivity index (χ2n) is 8.37. The fraction of sp³-hybridized carbons (Fsp3) is 0.682. The Labute approximate surface area is 140 Å². The zero-order valence-electron chi connectivity index (χ0n) is 14.8. The van der Waals surface area contributed by atoms with E-state index >= 15 is 0 Å². The van der Waals surface area contributed by atoms with Crippen molar-refractivity contribution in [3.63, 3.8) is 0 Å². The van der Waals surface area contributed by atoms with E-state index in [4.69, 9.17) is 0 Å². The zero-order chi connectivity index (χ0) is 16.0. The van der Waals surface area contributed by atoms with Crippen LogP contribution in [-0.2, 0) is 4.79 Å². The molecule has 0 aromatic heterocycles. The van der Waals surface area contributed by atoms with Crippen LogP contribution in [0.1, 0.15) is 78.1 Å². The number of carbonyl (C=O) groups excluding carboxylic acids is 1. The van der Waals surface area contributed by atoms with Gasteiger partial charge >= 0.3 is 0 Å². The summed E-state index contributed by atoms with van der Waals surface area (Å²) in [6.07, 6.45) is 16.6. The molecule has 2 saturated carbocycles. The minimum absolute atomic E-state index is 0.356. The Morgan fingerprint density at radius 2 is 2.04 bits per heavy atom. The van der Waals surface area contributed by atoms with E-state index in [1.807, 2.05) is 6.08 Å². The first-order valence-electron chi connectivity index (χ1n) is 9.78. The van der Waals surface area contributed by atoms with Gasteiger partial charge in [-0.15, -0.1) is 0 Å². The SMILES string of the molecule is CCCC=C1CCC2C3CCC4=CC(=O)CCC4=C3CC[C@]12C. The molecule has 0 radical (unpaired) electrons. The molecule has 0 aromatic carbocycles. The predicted molar refractivity (Wildman–Crippen MR) is 95.1 cm³/mol. The molecule has 0 spiro atoms. The molecule has 4 aliphatic carbocycles. The van der Waals surface area contributed by atoms with E-state index in [9.17, 15) is 4.79 Å². The van der Waals surface area contributed by atoms with Gasteiger partial charge in [-0.25, -0.2) is 0 Å². The molecule has 2 unspecified atom stereocenters. The highest BCUT2D eigenvalue weighted by Gasteiger charge is 2.50. The summed E-state index contributed by atoms with van der Waals surface area (Å²) in [5, 5.41) is 0. The molecule has 0 aromatic rings. The Morgan fingerprint density at radius 3 is 2.87 bits per heavy atom. The van der Waals surface area contributed by atoms with Crippen LogP contribution >= 0.6 is 0 Å². The van der Waals surface area contributed by atoms with E-state index in [0.717, 1.165) is 31.1 Å². The van der Waals surface area contributed by atoms with Crippen molar-refractivity contribution in [3.8, 4) is 0 Å². The maximum atomic E-state index is 11.7. The van der Waals surface area contributed by atoms with Crippen LogP contribution in [0.3, 0.4) is 0 Å². The molecule has 1 heteroatoms. The Balaban J connectivity index is 1.67. The van der Waals surface area contributed by atoms with Gasteiger partial charge in [0.15, 0.2) is 5.78 Å². The largest absolute Gasteiger partial charge is 0.295 e.